The van der Waals surface area contributed by atoms with Crippen molar-refractivity contribution in [3.05, 3.63) is 58.1 Å². The quantitative estimate of drug-likeness (QED) is 0.848. The van der Waals surface area contributed by atoms with Crippen molar-refractivity contribution < 1.29 is 9.90 Å². The van der Waals surface area contributed by atoms with Gasteiger partial charge in [-0.2, -0.15) is 0 Å². The first-order valence-electron chi connectivity index (χ1n) is 6.06. The number of amides is 1. The first-order chi connectivity index (χ1) is 9.49. The Labute approximate surface area is 126 Å². The Bertz CT molecular complexity index is 644. The molecule has 0 saturated carbocycles. The average Bonchev–Trinajstić information content (AvgIpc) is 2.43. The number of nitrogen functional groups attached to an aromatic ring is 1. The van der Waals surface area contributed by atoms with Gasteiger partial charge in [-0.05, 0) is 40.2 Å². The third-order valence-corrected chi connectivity index (χ3v) is 3.71. The van der Waals surface area contributed by atoms with E-state index in [2.05, 4.69) is 15.9 Å². The summed E-state index contributed by atoms with van der Waals surface area (Å²) < 4.78 is 0.761. The van der Waals surface area contributed by atoms with E-state index in [1.54, 1.807) is 43.4 Å². The van der Waals surface area contributed by atoms with Crippen molar-refractivity contribution in [1.29, 1.82) is 0 Å². The van der Waals surface area contributed by atoms with E-state index in [1.165, 1.54) is 4.90 Å². The SMILES string of the molecule is CN(Cc1ccccc1O)C(=O)c1ccc(Br)c(N)c1. The maximum atomic E-state index is 12.3. The molecule has 0 aliphatic rings. The van der Waals surface area contributed by atoms with Crippen LogP contribution in [0.25, 0.3) is 0 Å². The molecule has 0 aromatic heterocycles. The number of carbonyl (C=O) groups excluding carboxylic acids is 1. The molecule has 104 valence electrons. The Kier molecular flexibility index (Phi) is 4.29. The Morgan fingerprint density at radius 2 is 2.00 bits per heavy atom. The molecule has 0 saturated heterocycles. The number of aromatic hydroxyl groups is 1. The van der Waals surface area contributed by atoms with Gasteiger partial charge in [0.1, 0.15) is 5.75 Å². The van der Waals surface area contributed by atoms with Gasteiger partial charge in [0.25, 0.3) is 5.91 Å². The molecule has 0 atom stereocenters. The monoisotopic (exact) mass is 334 g/mol. The van der Waals surface area contributed by atoms with Gasteiger partial charge >= 0.3 is 0 Å². The number of benzene rings is 2. The fourth-order valence-electron chi connectivity index (χ4n) is 1.87. The molecule has 0 aliphatic heterocycles. The summed E-state index contributed by atoms with van der Waals surface area (Å²) in [7, 11) is 1.69. The van der Waals surface area contributed by atoms with Crippen LogP contribution in [0.2, 0.25) is 0 Å². The highest BCUT2D eigenvalue weighted by Gasteiger charge is 2.14. The summed E-state index contributed by atoms with van der Waals surface area (Å²) in [6, 6.07) is 12.1. The third kappa shape index (κ3) is 3.11. The van der Waals surface area contributed by atoms with Gasteiger partial charge in [0.15, 0.2) is 0 Å². The predicted octanol–water partition coefficient (Wildman–Crippen LogP) is 3.01. The summed E-state index contributed by atoms with van der Waals surface area (Å²) in [6.45, 7) is 0.335. The maximum Gasteiger partial charge on any atom is 0.253 e. The molecule has 0 fully saturated rings. The molecule has 0 spiro atoms. The minimum absolute atomic E-state index is 0.146. The van der Waals surface area contributed by atoms with Crippen molar-refractivity contribution in [1.82, 2.24) is 4.90 Å². The van der Waals surface area contributed by atoms with Gasteiger partial charge in [0.05, 0.1) is 0 Å². The van der Waals surface area contributed by atoms with Crippen molar-refractivity contribution in [3.8, 4) is 5.75 Å². The van der Waals surface area contributed by atoms with Crippen molar-refractivity contribution in [2.24, 2.45) is 0 Å². The number of phenolic OH excluding ortho intramolecular Hbond substituents is 1. The van der Waals surface area contributed by atoms with Crippen LogP contribution >= 0.6 is 15.9 Å². The number of para-hydroxylation sites is 1. The molecule has 0 heterocycles. The standard InChI is InChI=1S/C15H15BrN2O2/c1-18(9-11-4-2-3-5-14(11)19)15(20)10-6-7-12(16)13(17)8-10/h2-8,19H,9,17H2,1H3. The number of carbonyl (C=O) groups is 1. The van der Waals surface area contributed by atoms with Crippen molar-refractivity contribution in [2.75, 3.05) is 12.8 Å². The molecule has 1 amide bonds. The molecule has 0 aliphatic carbocycles. The number of nitrogens with zero attached hydrogens (tertiary/aromatic N) is 1. The second-order valence-electron chi connectivity index (χ2n) is 4.53. The highest BCUT2D eigenvalue weighted by Crippen LogP contribution is 2.22. The minimum atomic E-state index is -0.146. The van der Waals surface area contributed by atoms with Crippen LogP contribution in [0.3, 0.4) is 0 Å². The molecule has 0 radical (unpaired) electrons. The lowest BCUT2D eigenvalue weighted by atomic mass is 10.1. The zero-order chi connectivity index (χ0) is 14.7. The van der Waals surface area contributed by atoms with Crippen LogP contribution in [0.1, 0.15) is 15.9 Å². The molecule has 20 heavy (non-hydrogen) atoms. The van der Waals surface area contributed by atoms with E-state index >= 15 is 0 Å². The number of hydrogen-bond acceptors (Lipinski definition) is 3. The molecular weight excluding hydrogens is 320 g/mol. The van der Waals surface area contributed by atoms with Crippen LogP contribution in [-0.2, 0) is 6.54 Å². The van der Waals surface area contributed by atoms with Gasteiger partial charge in [0, 0.05) is 34.9 Å². The van der Waals surface area contributed by atoms with E-state index in [1.807, 2.05) is 6.07 Å². The number of hydrogen-bond donors (Lipinski definition) is 2. The maximum absolute atomic E-state index is 12.3. The molecule has 2 rings (SSSR count). The molecule has 3 N–H and O–H groups in total. The highest BCUT2D eigenvalue weighted by atomic mass is 79.9. The molecule has 5 heteroatoms. The van der Waals surface area contributed by atoms with E-state index in [0.717, 1.165) is 4.47 Å². The van der Waals surface area contributed by atoms with E-state index in [-0.39, 0.29) is 11.7 Å². The largest absolute Gasteiger partial charge is 0.508 e. The fourth-order valence-corrected chi connectivity index (χ4v) is 2.12. The van der Waals surface area contributed by atoms with Gasteiger partial charge in [-0.1, -0.05) is 18.2 Å². The molecule has 2 aromatic carbocycles. The zero-order valence-electron chi connectivity index (χ0n) is 11.0. The zero-order valence-corrected chi connectivity index (χ0v) is 12.6. The summed E-state index contributed by atoms with van der Waals surface area (Å²) in [5.74, 6) is 0.0370. The van der Waals surface area contributed by atoms with Crippen molar-refractivity contribution >= 4 is 27.5 Å². The van der Waals surface area contributed by atoms with Crippen LogP contribution in [0.5, 0.6) is 5.75 Å². The van der Waals surface area contributed by atoms with Crippen LogP contribution in [0.4, 0.5) is 5.69 Å². The molecule has 2 aromatic rings. The Morgan fingerprint density at radius 1 is 1.30 bits per heavy atom. The number of nitrogens with two attached hydrogens (primary N) is 1. The number of rotatable bonds is 3. The Balaban J connectivity index is 2.16. The lowest BCUT2D eigenvalue weighted by Crippen LogP contribution is -2.26. The number of halogens is 1. The van der Waals surface area contributed by atoms with Crippen LogP contribution in [0, 0.1) is 0 Å². The second-order valence-corrected chi connectivity index (χ2v) is 5.38. The van der Waals surface area contributed by atoms with Crippen molar-refractivity contribution in [2.45, 2.75) is 6.54 Å². The van der Waals surface area contributed by atoms with Crippen molar-refractivity contribution in [3.63, 3.8) is 0 Å². The first kappa shape index (κ1) is 14.4. The Morgan fingerprint density at radius 3 is 2.65 bits per heavy atom. The summed E-state index contributed by atoms with van der Waals surface area (Å²) in [6.07, 6.45) is 0. The average molecular weight is 335 g/mol. The number of phenols is 1. The molecule has 4 nitrogen and oxygen atoms in total. The Hall–Kier alpha value is -2.01. The molecule has 0 unspecified atom stereocenters. The van der Waals surface area contributed by atoms with Crippen LogP contribution in [-0.4, -0.2) is 23.0 Å². The smallest absolute Gasteiger partial charge is 0.253 e. The van der Waals surface area contributed by atoms with Gasteiger partial charge in [-0.15, -0.1) is 0 Å². The summed E-state index contributed by atoms with van der Waals surface area (Å²) in [4.78, 5) is 13.8. The highest BCUT2D eigenvalue weighted by molar-refractivity contribution is 9.10. The van der Waals surface area contributed by atoms with E-state index in [4.69, 9.17) is 5.73 Å². The number of anilines is 1. The van der Waals surface area contributed by atoms with E-state index in [9.17, 15) is 9.90 Å². The van der Waals surface area contributed by atoms with Gasteiger partial charge in [-0.3, -0.25) is 4.79 Å². The van der Waals surface area contributed by atoms with Gasteiger partial charge in [0.2, 0.25) is 0 Å². The minimum Gasteiger partial charge on any atom is -0.508 e. The summed E-state index contributed by atoms with van der Waals surface area (Å²) >= 11 is 3.30. The summed E-state index contributed by atoms with van der Waals surface area (Å²) in [5.41, 5.74) is 7.52. The first-order valence-corrected chi connectivity index (χ1v) is 6.85. The van der Waals surface area contributed by atoms with Gasteiger partial charge < -0.3 is 15.7 Å². The fraction of sp³-hybridized carbons (Fsp3) is 0.133. The molecule has 0 bridgehead atoms. The second kappa shape index (κ2) is 5.96. The summed E-state index contributed by atoms with van der Waals surface area (Å²) in [5, 5.41) is 9.73. The van der Waals surface area contributed by atoms with Crippen LogP contribution in [0.15, 0.2) is 46.9 Å². The predicted molar refractivity (Wildman–Crippen MR) is 82.5 cm³/mol. The molecular formula is C15H15BrN2O2. The van der Waals surface area contributed by atoms with Crippen LogP contribution < -0.4 is 5.73 Å². The van der Waals surface area contributed by atoms with E-state index in [0.29, 0.717) is 23.4 Å². The van der Waals surface area contributed by atoms with Gasteiger partial charge in [-0.25, -0.2) is 0 Å². The normalized spacial score (nSPS) is 10.3. The van der Waals surface area contributed by atoms with E-state index < -0.39 is 0 Å². The topological polar surface area (TPSA) is 66.6 Å². The lowest BCUT2D eigenvalue weighted by Gasteiger charge is -2.18. The third-order valence-electron chi connectivity index (χ3n) is 2.99. The lowest BCUT2D eigenvalue weighted by molar-refractivity contribution is 0.0784.